The van der Waals surface area contributed by atoms with E-state index in [0.717, 1.165) is 11.1 Å². The highest BCUT2D eigenvalue weighted by Crippen LogP contribution is 2.18. The molecule has 2 aromatic rings. The Morgan fingerprint density at radius 1 is 1.36 bits per heavy atom. The topological polar surface area (TPSA) is 45.8 Å². The van der Waals surface area contributed by atoms with Crippen molar-refractivity contribution in [2.24, 2.45) is 0 Å². The molecule has 2 rings (SSSR count). The Balaban J connectivity index is 2.46. The molecule has 0 radical (unpaired) electrons. The number of aromatic nitrogens is 2. The van der Waals surface area contributed by atoms with Crippen molar-refractivity contribution in [3.05, 3.63) is 42.2 Å². The molecule has 1 aromatic carbocycles. The van der Waals surface area contributed by atoms with Crippen LogP contribution in [0.2, 0.25) is 0 Å². The minimum atomic E-state index is -1.42. The summed E-state index contributed by atoms with van der Waals surface area (Å²) < 4.78 is 12.4. The second kappa shape index (κ2) is 3.41. The van der Waals surface area contributed by atoms with Gasteiger partial charge < -0.3 is 0 Å². The van der Waals surface area contributed by atoms with E-state index < -0.39 is 6.04 Å². The lowest BCUT2D eigenvalue weighted by atomic mass is 10.1. The molecule has 0 saturated heterocycles. The van der Waals surface area contributed by atoms with E-state index in [2.05, 4.69) is 10.2 Å². The minimum absolute atomic E-state index is 0.0590. The van der Waals surface area contributed by atoms with Crippen molar-refractivity contribution in [3.63, 3.8) is 0 Å². The van der Waals surface area contributed by atoms with E-state index in [-0.39, 0.29) is 5.56 Å². The molecule has 1 N–H and O–H groups in total. The highest BCUT2D eigenvalue weighted by molar-refractivity contribution is 5.90. The number of H-pyrrole nitrogens is 1. The molecular weight excluding hydrogens is 183 g/mol. The third kappa shape index (κ3) is 1.54. The Bertz CT molecular complexity index is 451. The van der Waals surface area contributed by atoms with Crippen molar-refractivity contribution in [1.29, 1.82) is 0 Å². The molecule has 0 aliphatic carbocycles. The third-order valence-electron chi connectivity index (χ3n) is 1.92. The van der Waals surface area contributed by atoms with Crippen LogP contribution in [0.3, 0.4) is 0 Å². The molecule has 14 heavy (non-hydrogen) atoms. The zero-order valence-electron chi connectivity index (χ0n) is 7.20. The first-order valence-electron chi connectivity index (χ1n) is 4.06. The van der Waals surface area contributed by atoms with Gasteiger partial charge in [0.05, 0.1) is 11.8 Å². The van der Waals surface area contributed by atoms with Gasteiger partial charge in [0.25, 0.3) is 0 Å². The Morgan fingerprint density at radius 2 is 2.21 bits per heavy atom. The van der Waals surface area contributed by atoms with Gasteiger partial charge in [-0.2, -0.15) is 9.49 Å². The van der Waals surface area contributed by atoms with Crippen molar-refractivity contribution >= 4 is 6.04 Å². The summed E-state index contributed by atoms with van der Waals surface area (Å²) in [5, 5.41) is 6.42. The summed E-state index contributed by atoms with van der Waals surface area (Å²) in [6.07, 6.45) is 3.30. The SMILES string of the molecule is O=C(F)c1cccc(-c2cn[nH]c2)c1. The largest absolute Gasteiger partial charge is 0.332 e. The first-order chi connectivity index (χ1) is 6.77. The normalized spacial score (nSPS) is 10.1. The van der Waals surface area contributed by atoms with Crippen LogP contribution in [0.5, 0.6) is 0 Å². The predicted octanol–water partition coefficient (Wildman–Crippen LogP) is 2.19. The van der Waals surface area contributed by atoms with Gasteiger partial charge in [-0.15, -0.1) is 0 Å². The van der Waals surface area contributed by atoms with Crippen LogP contribution in [0.15, 0.2) is 36.7 Å². The highest BCUT2D eigenvalue weighted by atomic mass is 19.1. The van der Waals surface area contributed by atoms with Crippen LogP contribution < -0.4 is 0 Å². The van der Waals surface area contributed by atoms with Gasteiger partial charge in [0.2, 0.25) is 0 Å². The van der Waals surface area contributed by atoms with Crippen molar-refractivity contribution < 1.29 is 9.18 Å². The quantitative estimate of drug-likeness (QED) is 0.738. The molecule has 1 heterocycles. The number of nitrogens with one attached hydrogen (secondary N) is 1. The van der Waals surface area contributed by atoms with Crippen molar-refractivity contribution in [3.8, 4) is 11.1 Å². The molecule has 0 bridgehead atoms. The summed E-state index contributed by atoms with van der Waals surface area (Å²) >= 11 is 0. The number of benzene rings is 1. The number of halogens is 1. The monoisotopic (exact) mass is 190 g/mol. The second-order valence-corrected chi connectivity index (χ2v) is 2.84. The molecule has 0 unspecified atom stereocenters. The molecule has 0 amide bonds. The van der Waals surface area contributed by atoms with Gasteiger partial charge in [-0.05, 0) is 17.7 Å². The Hall–Kier alpha value is -1.97. The van der Waals surface area contributed by atoms with Gasteiger partial charge in [-0.1, -0.05) is 12.1 Å². The number of carbonyl (C=O) groups is 1. The third-order valence-corrected chi connectivity index (χ3v) is 1.92. The molecule has 4 heteroatoms. The Kier molecular flexibility index (Phi) is 2.10. The van der Waals surface area contributed by atoms with Crippen LogP contribution in [0, 0.1) is 0 Å². The predicted molar refractivity (Wildman–Crippen MR) is 49.5 cm³/mol. The summed E-state index contributed by atoms with van der Waals surface area (Å²) in [5.41, 5.74) is 1.65. The van der Waals surface area contributed by atoms with E-state index in [9.17, 15) is 9.18 Å². The Morgan fingerprint density at radius 3 is 2.86 bits per heavy atom. The van der Waals surface area contributed by atoms with Gasteiger partial charge in [-0.25, -0.2) is 0 Å². The molecule has 3 nitrogen and oxygen atoms in total. The number of hydrogen-bond donors (Lipinski definition) is 1. The zero-order valence-corrected chi connectivity index (χ0v) is 7.20. The smallest absolute Gasteiger partial charge is 0.285 e. The number of aromatic amines is 1. The number of carbonyl (C=O) groups excluding carboxylic acids is 1. The van der Waals surface area contributed by atoms with Gasteiger partial charge >= 0.3 is 6.04 Å². The van der Waals surface area contributed by atoms with Crippen LogP contribution in [-0.4, -0.2) is 16.2 Å². The van der Waals surface area contributed by atoms with Crippen molar-refractivity contribution in [2.45, 2.75) is 0 Å². The van der Waals surface area contributed by atoms with E-state index in [1.807, 2.05) is 0 Å². The van der Waals surface area contributed by atoms with Crippen LogP contribution in [0.25, 0.3) is 11.1 Å². The van der Waals surface area contributed by atoms with Crippen LogP contribution in [0.1, 0.15) is 10.4 Å². The first kappa shape index (κ1) is 8.62. The fourth-order valence-electron chi connectivity index (χ4n) is 1.23. The fraction of sp³-hybridized carbons (Fsp3) is 0. The molecule has 0 aliphatic rings. The van der Waals surface area contributed by atoms with E-state index >= 15 is 0 Å². The lowest BCUT2D eigenvalue weighted by molar-refractivity contribution is 0.0836. The maximum absolute atomic E-state index is 12.4. The van der Waals surface area contributed by atoms with Gasteiger partial charge in [0, 0.05) is 11.8 Å². The van der Waals surface area contributed by atoms with Crippen molar-refractivity contribution in [2.75, 3.05) is 0 Å². The average Bonchev–Trinajstić information content (AvgIpc) is 2.71. The molecule has 70 valence electrons. The lowest BCUT2D eigenvalue weighted by Gasteiger charge is -1.97. The molecule has 0 aliphatic heterocycles. The standard InChI is InChI=1S/C10H7FN2O/c11-10(14)8-3-1-2-7(4-8)9-5-12-13-6-9/h1-6H,(H,12,13). The highest BCUT2D eigenvalue weighted by Gasteiger charge is 2.05. The minimum Gasteiger partial charge on any atom is -0.285 e. The van der Waals surface area contributed by atoms with Crippen molar-refractivity contribution in [1.82, 2.24) is 10.2 Å². The zero-order chi connectivity index (χ0) is 9.97. The molecular formula is C10H7FN2O. The Labute approximate surface area is 79.6 Å². The van der Waals surface area contributed by atoms with E-state index in [1.54, 1.807) is 24.5 Å². The van der Waals surface area contributed by atoms with Crippen LogP contribution in [0.4, 0.5) is 4.39 Å². The van der Waals surface area contributed by atoms with Gasteiger partial charge in [0.1, 0.15) is 0 Å². The van der Waals surface area contributed by atoms with Crippen LogP contribution in [-0.2, 0) is 0 Å². The van der Waals surface area contributed by atoms with Crippen LogP contribution >= 0.6 is 0 Å². The molecule has 0 spiro atoms. The van der Waals surface area contributed by atoms with E-state index in [1.165, 1.54) is 12.1 Å². The summed E-state index contributed by atoms with van der Waals surface area (Å²) in [6.45, 7) is 0. The maximum Gasteiger partial charge on any atom is 0.332 e. The average molecular weight is 190 g/mol. The first-order valence-corrected chi connectivity index (χ1v) is 4.06. The number of rotatable bonds is 2. The van der Waals surface area contributed by atoms with E-state index in [4.69, 9.17) is 0 Å². The molecule has 1 aromatic heterocycles. The summed E-state index contributed by atoms with van der Waals surface area (Å²) in [4.78, 5) is 10.5. The summed E-state index contributed by atoms with van der Waals surface area (Å²) in [6, 6.07) is 4.93. The number of hydrogen-bond acceptors (Lipinski definition) is 2. The summed E-state index contributed by atoms with van der Waals surface area (Å²) in [5.74, 6) is 0. The summed E-state index contributed by atoms with van der Waals surface area (Å²) in [7, 11) is 0. The fourth-order valence-corrected chi connectivity index (χ4v) is 1.23. The van der Waals surface area contributed by atoms with Gasteiger partial charge in [0.15, 0.2) is 0 Å². The number of nitrogens with zero attached hydrogens (tertiary/aromatic N) is 1. The molecule has 0 saturated carbocycles. The second-order valence-electron chi connectivity index (χ2n) is 2.84. The van der Waals surface area contributed by atoms with Gasteiger partial charge in [-0.3, -0.25) is 9.89 Å². The molecule has 0 atom stereocenters. The van der Waals surface area contributed by atoms with E-state index in [0.29, 0.717) is 0 Å². The maximum atomic E-state index is 12.4. The lowest BCUT2D eigenvalue weighted by Crippen LogP contribution is -1.89. The molecule has 0 fully saturated rings.